The average Bonchev–Trinajstić information content (AvgIpc) is 3.09. The first-order valence-electron chi connectivity index (χ1n) is 9.36. The van der Waals surface area contributed by atoms with Crippen LogP contribution in [0.4, 0.5) is 5.82 Å². The van der Waals surface area contributed by atoms with Gasteiger partial charge in [-0.2, -0.15) is 10.2 Å². The molecule has 3 atom stereocenters. The Bertz CT molecular complexity index is 582. The highest BCUT2D eigenvalue weighted by Crippen LogP contribution is 2.34. The quantitative estimate of drug-likeness (QED) is 0.882. The summed E-state index contributed by atoms with van der Waals surface area (Å²) in [5.41, 5.74) is 0. The van der Waals surface area contributed by atoms with Crippen LogP contribution < -0.4 is 5.32 Å². The second-order valence-electron chi connectivity index (χ2n) is 7.38. The van der Waals surface area contributed by atoms with Crippen molar-refractivity contribution in [2.75, 3.05) is 32.6 Å². The number of nitrogens with one attached hydrogen (secondary N) is 1. The summed E-state index contributed by atoms with van der Waals surface area (Å²) in [4.78, 5) is 19.9. The summed E-state index contributed by atoms with van der Waals surface area (Å²) < 4.78 is 2.04. The number of nitrogens with zero attached hydrogens (tertiary/aromatic N) is 4. The minimum Gasteiger partial charge on any atom is -0.367 e. The zero-order valence-electron chi connectivity index (χ0n) is 15.8. The van der Waals surface area contributed by atoms with Gasteiger partial charge in [-0.3, -0.25) is 4.79 Å². The molecule has 0 aliphatic carbocycles. The van der Waals surface area contributed by atoms with E-state index in [1.165, 1.54) is 0 Å². The minimum absolute atomic E-state index is 0.251. The van der Waals surface area contributed by atoms with Crippen molar-refractivity contribution in [1.82, 2.24) is 19.7 Å². The summed E-state index contributed by atoms with van der Waals surface area (Å²) in [5, 5.41) is 9.89. The van der Waals surface area contributed by atoms with Crippen molar-refractivity contribution >= 4 is 11.7 Å². The van der Waals surface area contributed by atoms with Gasteiger partial charge in [-0.25, -0.2) is 4.68 Å². The zero-order chi connectivity index (χ0) is 18.0. The van der Waals surface area contributed by atoms with Crippen molar-refractivity contribution in [3.63, 3.8) is 0 Å². The molecular formula is C18H31N5O2. The SMILES string of the molecule is CON1CCC(N(C)C(=O)CCC2C(C)Nc3ccnn3C2C)CC1. The van der Waals surface area contributed by atoms with Crippen LogP contribution in [0.2, 0.25) is 0 Å². The predicted molar refractivity (Wildman–Crippen MR) is 97.1 cm³/mol. The van der Waals surface area contributed by atoms with Crippen molar-refractivity contribution in [3.05, 3.63) is 12.3 Å². The Balaban J connectivity index is 1.52. The van der Waals surface area contributed by atoms with Gasteiger partial charge in [0.25, 0.3) is 0 Å². The fraction of sp³-hybridized carbons (Fsp3) is 0.778. The second-order valence-corrected chi connectivity index (χ2v) is 7.38. The molecule has 1 fully saturated rings. The summed E-state index contributed by atoms with van der Waals surface area (Å²) in [6, 6.07) is 3.00. The van der Waals surface area contributed by atoms with E-state index < -0.39 is 0 Å². The monoisotopic (exact) mass is 349 g/mol. The van der Waals surface area contributed by atoms with Crippen LogP contribution in [0.1, 0.15) is 45.6 Å². The molecule has 0 radical (unpaired) electrons. The summed E-state index contributed by atoms with van der Waals surface area (Å²) in [7, 11) is 3.66. The fourth-order valence-electron chi connectivity index (χ4n) is 4.27. The molecule has 3 unspecified atom stereocenters. The Morgan fingerprint density at radius 3 is 2.80 bits per heavy atom. The molecule has 0 aromatic carbocycles. The van der Waals surface area contributed by atoms with Gasteiger partial charge in [0, 0.05) is 50.6 Å². The number of fused-ring (bicyclic) bond motifs is 1. The number of piperidine rings is 1. The third-order valence-corrected chi connectivity index (χ3v) is 6.01. The van der Waals surface area contributed by atoms with E-state index in [2.05, 4.69) is 24.3 Å². The van der Waals surface area contributed by atoms with Gasteiger partial charge in [0.15, 0.2) is 0 Å². The molecular weight excluding hydrogens is 318 g/mol. The fourth-order valence-corrected chi connectivity index (χ4v) is 4.27. The van der Waals surface area contributed by atoms with Crippen LogP contribution in [-0.4, -0.2) is 65.0 Å². The lowest BCUT2D eigenvalue weighted by atomic mass is 9.87. The Kier molecular flexibility index (Phi) is 5.64. The van der Waals surface area contributed by atoms with Gasteiger partial charge in [0.2, 0.25) is 5.91 Å². The standard InChI is InChI=1S/C18H31N5O2/c1-13-16(14(2)23-17(20-13)7-10-19-23)5-6-18(24)21(3)15-8-11-22(25-4)12-9-15/h7,10,13-16,20H,5-6,8-9,11-12H2,1-4H3. The van der Waals surface area contributed by atoms with E-state index in [9.17, 15) is 4.79 Å². The van der Waals surface area contributed by atoms with Gasteiger partial charge in [-0.1, -0.05) is 0 Å². The number of anilines is 1. The van der Waals surface area contributed by atoms with E-state index in [1.54, 1.807) is 7.11 Å². The highest BCUT2D eigenvalue weighted by Gasteiger charge is 2.33. The first-order valence-corrected chi connectivity index (χ1v) is 9.36. The predicted octanol–water partition coefficient (Wildman–Crippen LogP) is 2.14. The average molecular weight is 349 g/mol. The van der Waals surface area contributed by atoms with Crippen molar-refractivity contribution in [1.29, 1.82) is 0 Å². The van der Waals surface area contributed by atoms with Gasteiger partial charge < -0.3 is 15.1 Å². The van der Waals surface area contributed by atoms with E-state index in [-0.39, 0.29) is 5.91 Å². The number of hydrogen-bond acceptors (Lipinski definition) is 5. The molecule has 1 aromatic rings. The van der Waals surface area contributed by atoms with Crippen molar-refractivity contribution in [3.8, 4) is 0 Å². The molecule has 0 saturated carbocycles. The van der Waals surface area contributed by atoms with Crippen LogP contribution in [0.3, 0.4) is 0 Å². The summed E-state index contributed by atoms with van der Waals surface area (Å²) >= 11 is 0. The molecule has 2 aliphatic heterocycles. The normalized spacial score (nSPS) is 27.6. The van der Waals surface area contributed by atoms with Gasteiger partial charge >= 0.3 is 0 Å². The Morgan fingerprint density at radius 1 is 1.40 bits per heavy atom. The van der Waals surface area contributed by atoms with Gasteiger partial charge in [0.1, 0.15) is 5.82 Å². The zero-order valence-corrected chi connectivity index (χ0v) is 15.8. The highest BCUT2D eigenvalue weighted by atomic mass is 16.7. The van der Waals surface area contributed by atoms with Crippen LogP contribution in [-0.2, 0) is 9.63 Å². The molecule has 3 rings (SSSR count). The molecule has 2 aliphatic rings. The van der Waals surface area contributed by atoms with E-state index in [0.29, 0.717) is 30.5 Å². The highest BCUT2D eigenvalue weighted by molar-refractivity contribution is 5.76. The molecule has 7 heteroatoms. The van der Waals surface area contributed by atoms with Crippen LogP contribution in [0.15, 0.2) is 12.3 Å². The molecule has 0 bridgehead atoms. The number of aromatic nitrogens is 2. The Morgan fingerprint density at radius 2 is 2.12 bits per heavy atom. The smallest absolute Gasteiger partial charge is 0.222 e. The second kappa shape index (κ2) is 7.74. The lowest BCUT2D eigenvalue weighted by Gasteiger charge is -2.38. The molecule has 140 valence electrons. The molecule has 1 N–H and O–H groups in total. The summed E-state index contributed by atoms with van der Waals surface area (Å²) in [5.74, 6) is 1.73. The lowest BCUT2D eigenvalue weighted by Crippen LogP contribution is -2.45. The van der Waals surface area contributed by atoms with Crippen LogP contribution in [0.25, 0.3) is 0 Å². The Labute approximate surface area is 150 Å². The Hall–Kier alpha value is -1.60. The van der Waals surface area contributed by atoms with E-state index in [4.69, 9.17) is 4.84 Å². The first kappa shape index (κ1) is 18.2. The van der Waals surface area contributed by atoms with E-state index >= 15 is 0 Å². The maximum absolute atomic E-state index is 12.7. The molecule has 25 heavy (non-hydrogen) atoms. The van der Waals surface area contributed by atoms with Crippen LogP contribution in [0.5, 0.6) is 0 Å². The number of hydroxylamine groups is 2. The van der Waals surface area contributed by atoms with Crippen molar-refractivity contribution in [2.45, 2.75) is 57.7 Å². The molecule has 1 amide bonds. The minimum atomic E-state index is 0.251. The number of amides is 1. The maximum Gasteiger partial charge on any atom is 0.222 e. The summed E-state index contributed by atoms with van der Waals surface area (Å²) in [6.07, 6.45) is 5.27. The van der Waals surface area contributed by atoms with Crippen molar-refractivity contribution < 1.29 is 9.63 Å². The molecule has 3 heterocycles. The van der Waals surface area contributed by atoms with Crippen molar-refractivity contribution in [2.24, 2.45) is 5.92 Å². The van der Waals surface area contributed by atoms with Gasteiger partial charge in [-0.15, -0.1) is 0 Å². The largest absolute Gasteiger partial charge is 0.367 e. The van der Waals surface area contributed by atoms with E-state index in [0.717, 1.165) is 38.2 Å². The number of carbonyl (C=O) groups excluding carboxylic acids is 1. The maximum atomic E-state index is 12.7. The number of rotatable bonds is 5. The topological polar surface area (TPSA) is 62.6 Å². The lowest BCUT2D eigenvalue weighted by molar-refractivity contribution is -0.155. The number of carbonyl (C=O) groups is 1. The van der Waals surface area contributed by atoms with Gasteiger partial charge in [-0.05, 0) is 33.1 Å². The molecule has 0 spiro atoms. The summed E-state index contributed by atoms with van der Waals surface area (Å²) in [6.45, 7) is 6.18. The number of hydrogen-bond donors (Lipinski definition) is 1. The van der Waals surface area contributed by atoms with Crippen LogP contribution in [0, 0.1) is 5.92 Å². The van der Waals surface area contributed by atoms with Gasteiger partial charge in [0.05, 0.1) is 19.3 Å². The molecule has 1 saturated heterocycles. The molecule has 7 nitrogen and oxygen atoms in total. The van der Waals surface area contributed by atoms with E-state index in [1.807, 2.05) is 34.0 Å². The third-order valence-electron chi connectivity index (χ3n) is 6.01. The first-order chi connectivity index (χ1) is 12.0. The molecule has 1 aromatic heterocycles. The third kappa shape index (κ3) is 3.82. The van der Waals surface area contributed by atoms with Crippen LogP contribution >= 0.6 is 0 Å².